The molecule has 0 N–H and O–H groups in total. The molecule has 0 radical (unpaired) electrons. The van der Waals surface area contributed by atoms with Gasteiger partial charge in [-0.3, -0.25) is 4.79 Å². The van der Waals surface area contributed by atoms with Gasteiger partial charge >= 0.3 is 6.18 Å². The summed E-state index contributed by atoms with van der Waals surface area (Å²) in [4.78, 5) is 13.6. The molecule has 98 valence electrons. The number of carbonyl (C=O) groups excluding carboxylic acids is 1. The molecule has 0 aromatic carbocycles. The molecule has 0 unspecified atom stereocenters. The van der Waals surface area contributed by atoms with E-state index in [1.165, 1.54) is 4.90 Å². The number of halogens is 3. The second kappa shape index (κ2) is 4.50. The molecule has 0 aromatic heterocycles. The van der Waals surface area contributed by atoms with Crippen LogP contribution in [0.5, 0.6) is 0 Å². The van der Waals surface area contributed by atoms with Crippen LogP contribution < -0.4 is 0 Å². The van der Waals surface area contributed by atoms with E-state index in [0.717, 1.165) is 19.3 Å². The second-order valence-corrected chi connectivity index (χ2v) is 5.14. The Morgan fingerprint density at radius 1 is 0.941 bits per heavy atom. The molecule has 5 heteroatoms. The number of hydrogen-bond donors (Lipinski definition) is 0. The average molecular weight is 249 g/mol. The summed E-state index contributed by atoms with van der Waals surface area (Å²) < 4.78 is 39.8. The Kier molecular flexibility index (Phi) is 3.36. The lowest BCUT2D eigenvalue weighted by Gasteiger charge is -2.39. The third-order valence-electron chi connectivity index (χ3n) is 4.05. The predicted octanol–water partition coefficient (Wildman–Crippen LogP) is 3.12. The third-order valence-corrected chi connectivity index (χ3v) is 4.05. The summed E-state index contributed by atoms with van der Waals surface area (Å²) in [7, 11) is 0. The zero-order valence-electron chi connectivity index (χ0n) is 9.85. The highest BCUT2D eigenvalue weighted by molar-refractivity contribution is 5.84. The Bertz CT molecular complexity index is 289. The Balaban J connectivity index is 2.23. The van der Waals surface area contributed by atoms with Crippen LogP contribution in [0.3, 0.4) is 0 Å². The maximum atomic E-state index is 13.3. The highest BCUT2D eigenvalue weighted by atomic mass is 19.4. The molecule has 2 rings (SSSR count). The molecule has 2 nitrogen and oxygen atoms in total. The zero-order chi connectivity index (χ0) is 12.5. The quantitative estimate of drug-likeness (QED) is 0.699. The van der Waals surface area contributed by atoms with Gasteiger partial charge < -0.3 is 4.90 Å². The smallest absolute Gasteiger partial charge is 0.342 e. The van der Waals surface area contributed by atoms with Crippen molar-refractivity contribution in [2.24, 2.45) is 5.41 Å². The van der Waals surface area contributed by atoms with Crippen LogP contribution >= 0.6 is 0 Å². The minimum Gasteiger partial charge on any atom is -0.342 e. The molecule has 0 aromatic rings. The number of hydrogen-bond acceptors (Lipinski definition) is 1. The molecule has 1 heterocycles. The largest absolute Gasteiger partial charge is 0.403 e. The molecule has 17 heavy (non-hydrogen) atoms. The molecule has 0 bridgehead atoms. The lowest BCUT2D eigenvalue weighted by Crippen LogP contribution is -2.52. The van der Waals surface area contributed by atoms with Crippen molar-refractivity contribution in [3.05, 3.63) is 0 Å². The summed E-state index contributed by atoms with van der Waals surface area (Å²) >= 11 is 0. The van der Waals surface area contributed by atoms with Gasteiger partial charge in [-0.05, 0) is 25.7 Å². The molecule has 2 aliphatic rings. The van der Waals surface area contributed by atoms with Gasteiger partial charge in [0, 0.05) is 13.1 Å². The van der Waals surface area contributed by atoms with Gasteiger partial charge in [0.2, 0.25) is 5.91 Å². The second-order valence-electron chi connectivity index (χ2n) is 5.14. The van der Waals surface area contributed by atoms with E-state index in [1.54, 1.807) is 0 Å². The molecule has 1 aliphatic carbocycles. The average Bonchev–Trinajstić information content (AvgIpc) is 2.81. The van der Waals surface area contributed by atoms with Crippen LogP contribution in [-0.2, 0) is 4.79 Å². The van der Waals surface area contributed by atoms with Gasteiger partial charge in [0.25, 0.3) is 0 Å². The van der Waals surface area contributed by atoms with Gasteiger partial charge in [0.15, 0.2) is 0 Å². The molecule has 1 amide bonds. The highest BCUT2D eigenvalue weighted by Crippen LogP contribution is 2.50. The van der Waals surface area contributed by atoms with Gasteiger partial charge in [-0.25, -0.2) is 0 Å². The summed E-state index contributed by atoms with van der Waals surface area (Å²) in [5.74, 6) is -0.665. The third kappa shape index (κ3) is 2.16. The molecular weight excluding hydrogens is 231 g/mol. The van der Waals surface area contributed by atoms with E-state index in [2.05, 4.69) is 0 Å². The van der Waals surface area contributed by atoms with Crippen LogP contribution in [0, 0.1) is 5.41 Å². The van der Waals surface area contributed by atoms with E-state index in [0.29, 0.717) is 25.9 Å². The maximum absolute atomic E-state index is 13.3. The summed E-state index contributed by atoms with van der Waals surface area (Å²) in [6.45, 7) is 0.993. The van der Waals surface area contributed by atoms with E-state index >= 15 is 0 Å². The van der Waals surface area contributed by atoms with Crippen LogP contribution in [0.2, 0.25) is 0 Å². The minimum absolute atomic E-state index is 0.0220. The molecule has 1 saturated carbocycles. The molecule has 0 atom stereocenters. The van der Waals surface area contributed by atoms with Crippen molar-refractivity contribution < 1.29 is 18.0 Å². The van der Waals surface area contributed by atoms with Crippen LogP contribution in [-0.4, -0.2) is 30.1 Å². The van der Waals surface area contributed by atoms with E-state index in [4.69, 9.17) is 0 Å². The molecular formula is C12H18F3NO. The van der Waals surface area contributed by atoms with Gasteiger partial charge in [-0.15, -0.1) is 0 Å². The van der Waals surface area contributed by atoms with Crippen molar-refractivity contribution in [1.82, 2.24) is 4.90 Å². The molecule has 1 saturated heterocycles. The Morgan fingerprint density at radius 2 is 1.47 bits per heavy atom. The van der Waals surface area contributed by atoms with Gasteiger partial charge in [-0.2, -0.15) is 13.2 Å². The molecule has 1 aliphatic heterocycles. The molecule has 0 spiro atoms. The van der Waals surface area contributed by atoms with E-state index in [9.17, 15) is 18.0 Å². The van der Waals surface area contributed by atoms with Crippen LogP contribution in [0.15, 0.2) is 0 Å². The normalized spacial score (nSPS) is 25.0. The van der Waals surface area contributed by atoms with Crippen molar-refractivity contribution in [2.75, 3.05) is 13.1 Å². The first-order valence-corrected chi connectivity index (χ1v) is 6.33. The number of alkyl halides is 3. The van der Waals surface area contributed by atoms with Gasteiger partial charge in [-0.1, -0.05) is 19.3 Å². The Hall–Kier alpha value is -0.740. The van der Waals surface area contributed by atoms with Crippen molar-refractivity contribution >= 4 is 5.91 Å². The van der Waals surface area contributed by atoms with Crippen LogP contribution in [0.4, 0.5) is 13.2 Å². The minimum atomic E-state index is -4.40. The SMILES string of the molecule is O=C(N1CCCC1)C1(C(F)(F)F)CCCCC1. The molecule has 2 fully saturated rings. The highest BCUT2D eigenvalue weighted by Gasteiger charge is 2.61. The number of carbonyl (C=O) groups is 1. The fraction of sp³-hybridized carbons (Fsp3) is 0.917. The predicted molar refractivity (Wildman–Crippen MR) is 57.4 cm³/mol. The summed E-state index contributed by atoms with van der Waals surface area (Å²) in [5, 5.41) is 0. The topological polar surface area (TPSA) is 20.3 Å². The van der Waals surface area contributed by atoms with Crippen molar-refractivity contribution in [3.63, 3.8) is 0 Å². The lowest BCUT2D eigenvalue weighted by molar-refractivity contribution is -0.235. The van der Waals surface area contributed by atoms with E-state index < -0.39 is 17.5 Å². The fourth-order valence-corrected chi connectivity index (χ4v) is 3.00. The lowest BCUT2D eigenvalue weighted by atomic mass is 9.72. The van der Waals surface area contributed by atoms with Crippen LogP contribution in [0.1, 0.15) is 44.9 Å². The van der Waals surface area contributed by atoms with E-state index in [1.807, 2.05) is 0 Å². The Morgan fingerprint density at radius 3 is 1.94 bits per heavy atom. The van der Waals surface area contributed by atoms with Crippen molar-refractivity contribution in [1.29, 1.82) is 0 Å². The monoisotopic (exact) mass is 249 g/mol. The number of amides is 1. The van der Waals surface area contributed by atoms with Gasteiger partial charge in [0.1, 0.15) is 5.41 Å². The van der Waals surface area contributed by atoms with Crippen molar-refractivity contribution in [3.8, 4) is 0 Å². The number of rotatable bonds is 1. The number of likely N-dealkylation sites (tertiary alicyclic amines) is 1. The van der Waals surface area contributed by atoms with Crippen molar-refractivity contribution in [2.45, 2.75) is 51.1 Å². The first-order chi connectivity index (χ1) is 7.97. The first-order valence-electron chi connectivity index (χ1n) is 6.33. The fourth-order valence-electron chi connectivity index (χ4n) is 3.00. The summed E-state index contributed by atoms with van der Waals surface area (Å²) in [6.07, 6.45) is -0.937. The summed E-state index contributed by atoms with van der Waals surface area (Å²) in [6, 6.07) is 0. The Labute approximate surface area is 99.2 Å². The number of nitrogens with zero attached hydrogens (tertiary/aromatic N) is 1. The maximum Gasteiger partial charge on any atom is 0.403 e. The van der Waals surface area contributed by atoms with Gasteiger partial charge in [0.05, 0.1) is 0 Å². The zero-order valence-corrected chi connectivity index (χ0v) is 9.85. The van der Waals surface area contributed by atoms with Crippen LogP contribution in [0.25, 0.3) is 0 Å². The summed E-state index contributed by atoms with van der Waals surface area (Å²) in [5.41, 5.74) is -2.07. The standard InChI is InChI=1S/C12H18F3NO/c13-12(14,15)11(6-2-1-3-7-11)10(17)16-8-4-5-9-16/h1-9H2. The first kappa shape index (κ1) is 12.7. The van der Waals surface area contributed by atoms with E-state index in [-0.39, 0.29) is 12.8 Å².